The van der Waals surface area contributed by atoms with Crippen LogP contribution in [0.2, 0.25) is 0 Å². The average molecular weight is 271 g/mol. The highest BCUT2D eigenvalue weighted by atomic mass is 19.4. The van der Waals surface area contributed by atoms with Gasteiger partial charge in [-0.2, -0.15) is 13.2 Å². The fourth-order valence-corrected chi connectivity index (χ4v) is 1.28. The number of nitrogens with two attached hydrogens (primary N) is 1. The van der Waals surface area contributed by atoms with Crippen molar-refractivity contribution in [2.75, 3.05) is 19.8 Å². The number of alkyl halides is 3. The number of ether oxygens (including phenoxy) is 2. The van der Waals surface area contributed by atoms with Crippen LogP contribution in [-0.4, -0.2) is 37.5 Å². The SMILES string of the molecule is CCOC(=O)C(C)(N)CCCCOCC(F)(F)F. The maximum Gasteiger partial charge on any atom is 0.411 e. The Labute approximate surface area is 105 Å². The largest absolute Gasteiger partial charge is 0.465 e. The van der Waals surface area contributed by atoms with Gasteiger partial charge in [-0.3, -0.25) is 4.79 Å². The summed E-state index contributed by atoms with van der Waals surface area (Å²) < 4.78 is 44.4. The van der Waals surface area contributed by atoms with Crippen LogP contribution in [0.1, 0.15) is 33.1 Å². The van der Waals surface area contributed by atoms with Gasteiger partial charge in [0.15, 0.2) is 0 Å². The Hall–Kier alpha value is -0.820. The van der Waals surface area contributed by atoms with Gasteiger partial charge in [0, 0.05) is 6.61 Å². The van der Waals surface area contributed by atoms with Crippen LogP contribution >= 0.6 is 0 Å². The molecule has 0 aliphatic carbocycles. The van der Waals surface area contributed by atoms with Gasteiger partial charge in [0.05, 0.1) is 6.61 Å². The molecule has 0 aliphatic rings. The van der Waals surface area contributed by atoms with Crippen molar-refractivity contribution in [2.45, 2.75) is 44.8 Å². The Balaban J connectivity index is 3.68. The van der Waals surface area contributed by atoms with Gasteiger partial charge < -0.3 is 15.2 Å². The highest BCUT2D eigenvalue weighted by Gasteiger charge is 2.29. The number of carbonyl (C=O) groups excluding carboxylic acids is 1. The van der Waals surface area contributed by atoms with Crippen molar-refractivity contribution in [2.24, 2.45) is 5.73 Å². The van der Waals surface area contributed by atoms with Crippen LogP contribution in [0.3, 0.4) is 0 Å². The second-order valence-corrected chi connectivity index (χ2v) is 4.26. The highest BCUT2D eigenvalue weighted by molar-refractivity contribution is 5.79. The lowest BCUT2D eigenvalue weighted by molar-refractivity contribution is -0.174. The van der Waals surface area contributed by atoms with Crippen molar-refractivity contribution in [3.63, 3.8) is 0 Å². The van der Waals surface area contributed by atoms with Crippen LogP contribution < -0.4 is 5.73 Å². The smallest absolute Gasteiger partial charge is 0.411 e. The lowest BCUT2D eigenvalue weighted by Gasteiger charge is -2.21. The van der Waals surface area contributed by atoms with Crippen molar-refractivity contribution >= 4 is 5.97 Å². The molecule has 0 rings (SSSR count). The predicted octanol–water partition coefficient (Wildman–Crippen LogP) is 2.02. The minimum absolute atomic E-state index is 0.00157. The van der Waals surface area contributed by atoms with Crippen LogP contribution in [0, 0.1) is 0 Å². The van der Waals surface area contributed by atoms with E-state index in [2.05, 4.69) is 4.74 Å². The standard InChI is InChI=1S/C11H20F3NO3/c1-3-18-9(16)10(2,15)6-4-5-7-17-8-11(12,13)14/h3-8,15H2,1-2H3. The first-order valence-electron chi connectivity index (χ1n) is 5.79. The zero-order valence-corrected chi connectivity index (χ0v) is 10.7. The summed E-state index contributed by atoms with van der Waals surface area (Å²) in [7, 11) is 0. The molecule has 0 saturated carbocycles. The van der Waals surface area contributed by atoms with E-state index in [-0.39, 0.29) is 13.2 Å². The molecule has 0 aromatic rings. The van der Waals surface area contributed by atoms with Crippen molar-refractivity contribution in [3.8, 4) is 0 Å². The third-order valence-corrected chi connectivity index (χ3v) is 2.24. The molecule has 0 fully saturated rings. The van der Waals surface area contributed by atoms with Gasteiger partial charge in [0.25, 0.3) is 0 Å². The van der Waals surface area contributed by atoms with Crippen molar-refractivity contribution < 1.29 is 27.4 Å². The molecule has 108 valence electrons. The second-order valence-electron chi connectivity index (χ2n) is 4.26. The molecule has 4 nitrogen and oxygen atoms in total. The number of halogens is 3. The van der Waals surface area contributed by atoms with E-state index >= 15 is 0 Å². The summed E-state index contributed by atoms with van der Waals surface area (Å²) in [4.78, 5) is 11.4. The first kappa shape index (κ1) is 17.2. The molecule has 0 saturated heterocycles. The van der Waals surface area contributed by atoms with Gasteiger partial charge in [0.2, 0.25) is 0 Å². The van der Waals surface area contributed by atoms with Gasteiger partial charge in [-0.25, -0.2) is 0 Å². The Morgan fingerprint density at radius 1 is 1.28 bits per heavy atom. The first-order valence-corrected chi connectivity index (χ1v) is 5.79. The number of rotatable bonds is 8. The number of hydrogen-bond acceptors (Lipinski definition) is 4. The minimum atomic E-state index is -4.30. The van der Waals surface area contributed by atoms with E-state index < -0.39 is 24.3 Å². The molecule has 0 amide bonds. The number of hydrogen-bond donors (Lipinski definition) is 1. The van der Waals surface area contributed by atoms with E-state index in [1.165, 1.54) is 0 Å². The molecule has 0 aliphatic heterocycles. The summed E-state index contributed by atoms with van der Waals surface area (Å²) in [5.74, 6) is -0.499. The van der Waals surface area contributed by atoms with Gasteiger partial charge in [0.1, 0.15) is 12.1 Å². The Morgan fingerprint density at radius 2 is 1.89 bits per heavy atom. The van der Waals surface area contributed by atoms with Gasteiger partial charge in [-0.05, 0) is 33.1 Å². The van der Waals surface area contributed by atoms with E-state index in [0.29, 0.717) is 19.3 Å². The molecular formula is C11H20F3NO3. The fraction of sp³-hybridized carbons (Fsp3) is 0.909. The van der Waals surface area contributed by atoms with Gasteiger partial charge >= 0.3 is 12.1 Å². The van der Waals surface area contributed by atoms with Crippen LogP contribution in [0.5, 0.6) is 0 Å². The monoisotopic (exact) mass is 271 g/mol. The third-order valence-electron chi connectivity index (χ3n) is 2.24. The first-order chi connectivity index (χ1) is 8.19. The zero-order chi connectivity index (χ0) is 14.2. The second kappa shape index (κ2) is 7.58. The normalized spacial score (nSPS) is 15.2. The molecule has 1 atom stereocenters. The molecule has 1 unspecified atom stereocenters. The van der Waals surface area contributed by atoms with E-state index in [1.807, 2.05) is 0 Å². The molecule has 0 bridgehead atoms. The van der Waals surface area contributed by atoms with E-state index in [4.69, 9.17) is 10.5 Å². The van der Waals surface area contributed by atoms with Crippen LogP contribution in [-0.2, 0) is 14.3 Å². The third kappa shape index (κ3) is 8.30. The Kier molecular flexibility index (Phi) is 7.23. The lowest BCUT2D eigenvalue weighted by Crippen LogP contribution is -2.46. The molecule has 18 heavy (non-hydrogen) atoms. The maximum absolute atomic E-state index is 11.7. The summed E-state index contributed by atoms with van der Waals surface area (Å²) in [5.41, 5.74) is 4.64. The Morgan fingerprint density at radius 3 is 2.39 bits per heavy atom. The summed E-state index contributed by atoms with van der Waals surface area (Å²) in [5, 5.41) is 0. The number of carbonyl (C=O) groups is 1. The predicted molar refractivity (Wildman–Crippen MR) is 60.0 cm³/mol. The molecule has 0 radical (unpaired) electrons. The van der Waals surface area contributed by atoms with Crippen molar-refractivity contribution in [1.82, 2.24) is 0 Å². The summed E-state index contributed by atoms with van der Waals surface area (Å²) in [6.45, 7) is 2.23. The Bertz CT molecular complexity index is 254. The molecular weight excluding hydrogens is 251 g/mol. The summed E-state index contributed by atoms with van der Waals surface area (Å²) in [6.07, 6.45) is -3.03. The molecule has 2 N–H and O–H groups in total. The van der Waals surface area contributed by atoms with Crippen molar-refractivity contribution in [1.29, 1.82) is 0 Å². The fourth-order valence-electron chi connectivity index (χ4n) is 1.28. The van der Waals surface area contributed by atoms with E-state index in [1.54, 1.807) is 13.8 Å². The van der Waals surface area contributed by atoms with Crippen LogP contribution in [0.25, 0.3) is 0 Å². The summed E-state index contributed by atoms with van der Waals surface area (Å²) in [6, 6.07) is 0. The zero-order valence-electron chi connectivity index (χ0n) is 10.7. The van der Waals surface area contributed by atoms with Gasteiger partial charge in [-0.1, -0.05) is 0 Å². The number of unbranched alkanes of at least 4 members (excludes halogenated alkanes) is 1. The van der Waals surface area contributed by atoms with E-state index in [9.17, 15) is 18.0 Å². The van der Waals surface area contributed by atoms with Crippen LogP contribution in [0.15, 0.2) is 0 Å². The highest BCUT2D eigenvalue weighted by Crippen LogP contribution is 2.16. The van der Waals surface area contributed by atoms with Crippen molar-refractivity contribution in [3.05, 3.63) is 0 Å². The van der Waals surface area contributed by atoms with E-state index in [0.717, 1.165) is 0 Å². The topological polar surface area (TPSA) is 61.5 Å². The van der Waals surface area contributed by atoms with Crippen LogP contribution in [0.4, 0.5) is 13.2 Å². The average Bonchev–Trinajstić information content (AvgIpc) is 2.22. The molecule has 0 spiro atoms. The lowest BCUT2D eigenvalue weighted by atomic mass is 9.96. The number of esters is 1. The van der Waals surface area contributed by atoms with Gasteiger partial charge in [-0.15, -0.1) is 0 Å². The maximum atomic E-state index is 11.7. The molecule has 0 heterocycles. The summed E-state index contributed by atoms with van der Waals surface area (Å²) >= 11 is 0. The molecule has 0 aromatic heterocycles. The minimum Gasteiger partial charge on any atom is -0.465 e. The molecule has 0 aromatic carbocycles. The quantitative estimate of drug-likeness (QED) is 0.542. The molecule has 7 heteroatoms.